The Bertz CT molecular complexity index is 933. The Labute approximate surface area is 165 Å². The van der Waals surface area contributed by atoms with Gasteiger partial charge >= 0.3 is 0 Å². The molecule has 0 radical (unpaired) electrons. The second-order valence-corrected chi connectivity index (χ2v) is 7.11. The minimum absolute atomic E-state index is 0.118. The summed E-state index contributed by atoms with van der Waals surface area (Å²) in [6.07, 6.45) is -0.118. The Balaban J connectivity index is 1.45. The molecule has 0 amide bonds. The molecule has 0 aliphatic carbocycles. The van der Waals surface area contributed by atoms with Crippen LogP contribution in [0.4, 0.5) is 4.39 Å². The van der Waals surface area contributed by atoms with Crippen LogP contribution in [0.15, 0.2) is 46.9 Å². The van der Waals surface area contributed by atoms with Crippen LogP contribution in [0.1, 0.15) is 17.6 Å². The standard InChI is InChI=1S/C19H16Cl2FN3O2/c20-13-3-6-15(16(21)9-13)19-24-23-18(27-19)11-25-7-8-26-17(10-25)12-1-4-14(22)5-2-12/h1-6,9,17H,7-8,10-11H2. The van der Waals surface area contributed by atoms with Crippen LogP contribution < -0.4 is 0 Å². The normalized spacial score (nSPS) is 18.0. The van der Waals surface area contributed by atoms with Crippen LogP contribution in [0, 0.1) is 5.82 Å². The summed E-state index contributed by atoms with van der Waals surface area (Å²) in [4.78, 5) is 2.16. The number of ether oxygens (including phenoxy) is 1. The zero-order valence-electron chi connectivity index (χ0n) is 14.2. The van der Waals surface area contributed by atoms with Gasteiger partial charge in [-0.05, 0) is 35.9 Å². The predicted molar refractivity (Wildman–Crippen MR) is 100 cm³/mol. The molecule has 140 valence electrons. The molecular formula is C19H16Cl2FN3O2. The molecule has 0 N–H and O–H groups in total. The van der Waals surface area contributed by atoms with Gasteiger partial charge < -0.3 is 9.15 Å². The van der Waals surface area contributed by atoms with Crippen LogP contribution in [-0.2, 0) is 11.3 Å². The lowest BCUT2D eigenvalue weighted by Gasteiger charge is -2.32. The van der Waals surface area contributed by atoms with Crippen molar-refractivity contribution in [2.75, 3.05) is 19.7 Å². The largest absolute Gasteiger partial charge is 0.419 e. The fraction of sp³-hybridized carbons (Fsp3) is 0.263. The molecule has 4 rings (SSSR count). The lowest BCUT2D eigenvalue weighted by Crippen LogP contribution is -2.37. The van der Waals surface area contributed by atoms with E-state index in [0.717, 1.165) is 12.1 Å². The molecule has 1 aliphatic rings. The third-order valence-corrected chi connectivity index (χ3v) is 4.93. The molecule has 5 nitrogen and oxygen atoms in total. The molecule has 2 heterocycles. The topological polar surface area (TPSA) is 51.4 Å². The van der Waals surface area contributed by atoms with Crippen molar-refractivity contribution in [3.63, 3.8) is 0 Å². The highest BCUT2D eigenvalue weighted by Gasteiger charge is 2.24. The minimum atomic E-state index is -0.259. The Morgan fingerprint density at radius 2 is 1.93 bits per heavy atom. The van der Waals surface area contributed by atoms with Crippen LogP contribution in [-0.4, -0.2) is 34.8 Å². The van der Waals surface area contributed by atoms with E-state index in [-0.39, 0.29) is 11.9 Å². The van der Waals surface area contributed by atoms with E-state index in [9.17, 15) is 4.39 Å². The van der Waals surface area contributed by atoms with Gasteiger partial charge in [-0.15, -0.1) is 10.2 Å². The zero-order valence-corrected chi connectivity index (χ0v) is 15.8. The monoisotopic (exact) mass is 407 g/mol. The smallest absolute Gasteiger partial charge is 0.249 e. The number of rotatable bonds is 4. The molecule has 0 saturated carbocycles. The van der Waals surface area contributed by atoms with Crippen molar-refractivity contribution in [3.8, 4) is 11.5 Å². The van der Waals surface area contributed by atoms with Gasteiger partial charge in [0.1, 0.15) is 5.82 Å². The third kappa shape index (κ3) is 4.30. The molecule has 3 aromatic rings. The first-order valence-electron chi connectivity index (χ1n) is 8.46. The summed E-state index contributed by atoms with van der Waals surface area (Å²) in [6, 6.07) is 11.5. The summed E-state index contributed by atoms with van der Waals surface area (Å²) in [7, 11) is 0. The molecule has 1 aromatic heterocycles. The summed E-state index contributed by atoms with van der Waals surface area (Å²) in [5, 5.41) is 9.21. The number of nitrogens with zero attached hydrogens (tertiary/aromatic N) is 3. The number of aromatic nitrogens is 2. The fourth-order valence-electron chi connectivity index (χ4n) is 3.01. The van der Waals surface area contributed by atoms with Crippen LogP contribution in [0.5, 0.6) is 0 Å². The van der Waals surface area contributed by atoms with Gasteiger partial charge in [0.2, 0.25) is 11.8 Å². The van der Waals surface area contributed by atoms with Crippen LogP contribution in [0.25, 0.3) is 11.5 Å². The fourth-order valence-corrected chi connectivity index (χ4v) is 3.50. The van der Waals surface area contributed by atoms with E-state index in [1.807, 2.05) is 0 Å². The molecule has 1 atom stereocenters. The predicted octanol–water partition coefficient (Wildman–Crippen LogP) is 4.76. The molecule has 27 heavy (non-hydrogen) atoms. The first kappa shape index (κ1) is 18.4. The molecule has 2 aromatic carbocycles. The van der Waals surface area contributed by atoms with E-state index in [2.05, 4.69) is 15.1 Å². The van der Waals surface area contributed by atoms with E-state index in [0.29, 0.717) is 47.1 Å². The number of morpholine rings is 1. The zero-order chi connectivity index (χ0) is 18.8. The quantitative estimate of drug-likeness (QED) is 0.623. The van der Waals surface area contributed by atoms with Gasteiger partial charge in [0.05, 0.1) is 29.8 Å². The van der Waals surface area contributed by atoms with Crippen molar-refractivity contribution in [2.45, 2.75) is 12.6 Å². The van der Waals surface area contributed by atoms with Crippen LogP contribution in [0.2, 0.25) is 10.0 Å². The maximum Gasteiger partial charge on any atom is 0.249 e. The van der Waals surface area contributed by atoms with Crippen molar-refractivity contribution < 1.29 is 13.5 Å². The minimum Gasteiger partial charge on any atom is -0.419 e. The number of benzene rings is 2. The average Bonchev–Trinajstić information content (AvgIpc) is 3.10. The van der Waals surface area contributed by atoms with Crippen molar-refractivity contribution in [1.29, 1.82) is 0 Å². The summed E-state index contributed by atoms with van der Waals surface area (Å²) in [6.45, 7) is 2.48. The van der Waals surface area contributed by atoms with Crippen molar-refractivity contribution in [3.05, 3.63) is 69.8 Å². The molecule has 1 fully saturated rings. The summed E-state index contributed by atoms with van der Waals surface area (Å²) < 4.78 is 24.7. The van der Waals surface area contributed by atoms with E-state index >= 15 is 0 Å². The Hall–Kier alpha value is -1.99. The molecule has 0 spiro atoms. The van der Waals surface area contributed by atoms with Gasteiger partial charge in [-0.1, -0.05) is 35.3 Å². The van der Waals surface area contributed by atoms with Crippen molar-refractivity contribution in [1.82, 2.24) is 15.1 Å². The van der Waals surface area contributed by atoms with Gasteiger partial charge in [-0.2, -0.15) is 0 Å². The van der Waals surface area contributed by atoms with E-state index in [4.69, 9.17) is 32.4 Å². The Morgan fingerprint density at radius 3 is 2.70 bits per heavy atom. The lowest BCUT2D eigenvalue weighted by molar-refractivity contribution is -0.0351. The average molecular weight is 408 g/mol. The lowest BCUT2D eigenvalue weighted by atomic mass is 10.1. The highest BCUT2D eigenvalue weighted by atomic mass is 35.5. The molecular weight excluding hydrogens is 392 g/mol. The van der Waals surface area contributed by atoms with Gasteiger partial charge in [0, 0.05) is 18.1 Å². The maximum atomic E-state index is 13.1. The van der Waals surface area contributed by atoms with Crippen LogP contribution >= 0.6 is 23.2 Å². The second-order valence-electron chi connectivity index (χ2n) is 6.27. The molecule has 1 unspecified atom stereocenters. The highest BCUT2D eigenvalue weighted by Crippen LogP contribution is 2.30. The summed E-state index contributed by atoms with van der Waals surface area (Å²) >= 11 is 12.1. The summed E-state index contributed by atoms with van der Waals surface area (Å²) in [5.41, 5.74) is 1.59. The highest BCUT2D eigenvalue weighted by molar-refractivity contribution is 6.36. The molecule has 1 saturated heterocycles. The molecule has 0 bridgehead atoms. The third-order valence-electron chi connectivity index (χ3n) is 4.38. The number of hydrogen-bond acceptors (Lipinski definition) is 5. The molecule has 1 aliphatic heterocycles. The van der Waals surface area contributed by atoms with Gasteiger partial charge in [0.15, 0.2) is 0 Å². The van der Waals surface area contributed by atoms with Gasteiger partial charge in [0.25, 0.3) is 0 Å². The first-order valence-corrected chi connectivity index (χ1v) is 9.21. The van der Waals surface area contributed by atoms with Crippen molar-refractivity contribution >= 4 is 23.2 Å². The second kappa shape index (κ2) is 7.94. The maximum absolute atomic E-state index is 13.1. The van der Waals surface area contributed by atoms with Crippen molar-refractivity contribution in [2.24, 2.45) is 0 Å². The van der Waals surface area contributed by atoms with Gasteiger partial charge in [-0.25, -0.2) is 4.39 Å². The number of hydrogen-bond donors (Lipinski definition) is 0. The Morgan fingerprint density at radius 1 is 1.11 bits per heavy atom. The Kier molecular flexibility index (Phi) is 5.41. The van der Waals surface area contributed by atoms with E-state index < -0.39 is 0 Å². The summed E-state index contributed by atoms with van der Waals surface area (Å²) in [5.74, 6) is 0.594. The number of halogens is 3. The van der Waals surface area contributed by atoms with E-state index in [1.54, 1.807) is 30.3 Å². The SMILES string of the molecule is Fc1ccc(C2CN(Cc3nnc(-c4ccc(Cl)cc4Cl)o3)CCO2)cc1. The molecule has 8 heteroatoms. The first-order chi connectivity index (χ1) is 13.1. The van der Waals surface area contributed by atoms with Crippen LogP contribution in [0.3, 0.4) is 0 Å². The van der Waals surface area contributed by atoms with Gasteiger partial charge in [-0.3, -0.25) is 4.90 Å². The van der Waals surface area contributed by atoms with E-state index in [1.165, 1.54) is 12.1 Å².